The summed E-state index contributed by atoms with van der Waals surface area (Å²) >= 11 is 0. The number of Topliss-reactive ketones (excluding diaryl/α,β-unsaturated/α-hetero) is 1. The van der Waals surface area contributed by atoms with Crippen LogP contribution in [0.2, 0.25) is 0 Å². The number of allylic oxidation sites excluding steroid dienone is 1. The molecule has 7 heteroatoms. The number of rotatable bonds is 6. The van der Waals surface area contributed by atoms with Gasteiger partial charge in [-0.3, -0.25) is 14.5 Å². The number of hydrogen-bond acceptors (Lipinski definition) is 4. The fraction of sp³-hybridized carbons (Fsp3) is 0.316. The number of ketones is 1. The van der Waals surface area contributed by atoms with Gasteiger partial charge in [-0.1, -0.05) is 6.08 Å². The van der Waals surface area contributed by atoms with Crippen LogP contribution < -0.4 is 5.32 Å². The quantitative estimate of drug-likeness (QED) is 0.490. The van der Waals surface area contributed by atoms with Crippen LogP contribution >= 0.6 is 0 Å². The second-order valence-corrected chi connectivity index (χ2v) is 6.53. The lowest BCUT2D eigenvalue weighted by atomic mass is 9.99. The molecule has 1 N–H and O–H groups in total. The summed E-state index contributed by atoms with van der Waals surface area (Å²) in [6.07, 6.45) is 3.18. The molecule has 1 saturated heterocycles. The van der Waals surface area contributed by atoms with E-state index in [1.165, 1.54) is 6.26 Å². The summed E-state index contributed by atoms with van der Waals surface area (Å²) in [7, 11) is 0. The topological polar surface area (TPSA) is 84.6 Å². The highest BCUT2D eigenvalue weighted by molar-refractivity contribution is 6.11. The van der Waals surface area contributed by atoms with Crippen molar-refractivity contribution < 1.29 is 18.8 Å². The molecule has 2 aromatic heterocycles. The Morgan fingerprint density at radius 2 is 2.12 bits per heavy atom. The normalized spacial score (nSPS) is 19.7. The molecule has 136 valence electrons. The molecule has 0 spiro atoms. The second-order valence-electron chi connectivity index (χ2n) is 6.53. The van der Waals surface area contributed by atoms with Crippen LogP contribution in [0.15, 0.2) is 41.5 Å². The van der Waals surface area contributed by atoms with Crippen LogP contribution in [0.4, 0.5) is 4.79 Å². The van der Waals surface area contributed by atoms with Crippen molar-refractivity contribution in [3.63, 3.8) is 0 Å². The van der Waals surface area contributed by atoms with Crippen LogP contribution in [0, 0.1) is 13.8 Å². The molecule has 3 heterocycles. The van der Waals surface area contributed by atoms with Gasteiger partial charge in [0.25, 0.3) is 5.91 Å². The van der Waals surface area contributed by atoms with E-state index in [4.69, 9.17) is 4.42 Å². The van der Waals surface area contributed by atoms with Crippen LogP contribution in [0.25, 0.3) is 0 Å². The van der Waals surface area contributed by atoms with Crippen LogP contribution in [-0.4, -0.2) is 33.7 Å². The van der Waals surface area contributed by atoms with Gasteiger partial charge in [-0.2, -0.15) is 0 Å². The molecule has 0 saturated carbocycles. The summed E-state index contributed by atoms with van der Waals surface area (Å²) < 4.78 is 7.24. The van der Waals surface area contributed by atoms with E-state index in [1.807, 2.05) is 18.4 Å². The van der Waals surface area contributed by atoms with Crippen molar-refractivity contribution in [2.24, 2.45) is 0 Å². The van der Waals surface area contributed by atoms with Crippen molar-refractivity contribution in [1.82, 2.24) is 14.8 Å². The summed E-state index contributed by atoms with van der Waals surface area (Å²) in [6.45, 7) is 9.28. The molecule has 0 aromatic carbocycles. The van der Waals surface area contributed by atoms with Crippen molar-refractivity contribution in [2.75, 3.05) is 6.54 Å². The van der Waals surface area contributed by atoms with Gasteiger partial charge in [-0.15, -0.1) is 6.58 Å². The highest BCUT2D eigenvalue weighted by atomic mass is 16.3. The molecule has 26 heavy (non-hydrogen) atoms. The molecule has 1 aliphatic rings. The Kier molecular flexibility index (Phi) is 4.31. The summed E-state index contributed by atoms with van der Waals surface area (Å²) in [5.74, 6) is -0.471. The molecule has 3 rings (SSSR count). The Labute approximate surface area is 151 Å². The van der Waals surface area contributed by atoms with Crippen LogP contribution in [-0.2, 0) is 16.9 Å². The summed E-state index contributed by atoms with van der Waals surface area (Å²) in [5, 5.41) is 2.61. The third-order valence-corrected chi connectivity index (χ3v) is 4.78. The predicted molar refractivity (Wildman–Crippen MR) is 94.7 cm³/mol. The monoisotopic (exact) mass is 355 g/mol. The Morgan fingerprint density at radius 1 is 1.38 bits per heavy atom. The fourth-order valence-corrected chi connectivity index (χ4v) is 3.29. The van der Waals surface area contributed by atoms with Crippen molar-refractivity contribution in [1.29, 1.82) is 0 Å². The van der Waals surface area contributed by atoms with E-state index in [-0.39, 0.29) is 12.3 Å². The number of carbonyl (C=O) groups excluding carboxylic acids is 3. The first kappa shape index (κ1) is 17.7. The Balaban J connectivity index is 1.84. The number of nitrogens with one attached hydrogen (secondary N) is 1. The number of amides is 3. The number of carbonyl (C=O) groups is 3. The van der Waals surface area contributed by atoms with Gasteiger partial charge in [0, 0.05) is 23.5 Å². The first-order valence-electron chi connectivity index (χ1n) is 8.28. The average molecular weight is 355 g/mol. The van der Waals surface area contributed by atoms with E-state index < -0.39 is 17.5 Å². The number of imide groups is 1. The zero-order chi connectivity index (χ0) is 19.1. The molecule has 2 aromatic rings. The highest BCUT2D eigenvalue weighted by Gasteiger charge is 2.51. The van der Waals surface area contributed by atoms with Gasteiger partial charge in [-0.25, -0.2) is 4.79 Å². The summed E-state index contributed by atoms with van der Waals surface area (Å²) in [4.78, 5) is 38.8. The van der Waals surface area contributed by atoms with Crippen LogP contribution in [0.5, 0.6) is 0 Å². The maximum absolute atomic E-state index is 12.8. The first-order valence-corrected chi connectivity index (χ1v) is 8.28. The van der Waals surface area contributed by atoms with Gasteiger partial charge in [-0.05, 0) is 39.0 Å². The molecule has 1 fully saturated rings. The second kappa shape index (κ2) is 6.33. The summed E-state index contributed by atoms with van der Waals surface area (Å²) in [5.41, 5.74) is 0.897. The van der Waals surface area contributed by atoms with Gasteiger partial charge < -0.3 is 14.3 Å². The number of furan rings is 1. The van der Waals surface area contributed by atoms with E-state index in [9.17, 15) is 14.4 Å². The maximum Gasteiger partial charge on any atom is 0.325 e. The largest absolute Gasteiger partial charge is 0.466 e. The molecular formula is C19H21N3O4. The van der Waals surface area contributed by atoms with E-state index in [0.717, 1.165) is 16.3 Å². The summed E-state index contributed by atoms with van der Waals surface area (Å²) in [6, 6.07) is 4.42. The molecule has 0 bridgehead atoms. The van der Waals surface area contributed by atoms with Gasteiger partial charge >= 0.3 is 6.03 Å². The molecule has 0 radical (unpaired) electrons. The number of aryl methyl sites for hydroxylation is 1. The number of urea groups is 1. The highest BCUT2D eigenvalue weighted by Crippen LogP contribution is 2.29. The predicted octanol–water partition coefficient (Wildman–Crippen LogP) is 2.53. The number of nitrogens with zero attached hydrogens (tertiary/aromatic N) is 2. The first-order chi connectivity index (χ1) is 12.3. The van der Waals surface area contributed by atoms with E-state index >= 15 is 0 Å². The molecule has 7 nitrogen and oxygen atoms in total. The van der Waals surface area contributed by atoms with E-state index in [0.29, 0.717) is 17.9 Å². The van der Waals surface area contributed by atoms with Crippen LogP contribution in [0.3, 0.4) is 0 Å². The fourth-order valence-electron chi connectivity index (χ4n) is 3.29. The maximum atomic E-state index is 12.8. The third kappa shape index (κ3) is 2.65. The molecular weight excluding hydrogens is 334 g/mol. The van der Waals surface area contributed by atoms with Crippen LogP contribution in [0.1, 0.15) is 34.4 Å². The lowest BCUT2D eigenvalue weighted by Crippen LogP contribution is -2.41. The SMILES string of the molecule is C=CCn1c(C)cc(C(=O)CN2C(=O)N[C@](C)(c3ccco3)C2=O)c1C. The standard InChI is InChI=1S/C19H21N3O4/c1-5-8-21-12(2)10-14(13(21)3)15(23)11-22-17(24)19(4,20-18(22)25)16-7-6-9-26-16/h5-7,9-10H,1,8,11H2,2-4H3,(H,20,25)/t19-/m1/s1. The van der Waals surface area contributed by atoms with Gasteiger partial charge in [0.05, 0.1) is 12.8 Å². The smallest absolute Gasteiger partial charge is 0.325 e. The zero-order valence-electron chi connectivity index (χ0n) is 15.0. The van der Waals surface area contributed by atoms with E-state index in [1.54, 1.807) is 31.2 Å². The Hall–Kier alpha value is -3.09. The van der Waals surface area contributed by atoms with Crippen molar-refractivity contribution in [2.45, 2.75) is 32.9 Å². The minimum Gasteiger partial charge on any atom is -0.466 e. The molecule has 1 aliphatic heterocycles. The van der Waals surface area contributed by atoms with Crippen molar-refractivity contribution >= 4 is 17.7 Å². The zero-order valence-corrected chi connectivity index (χ0v) is 15.0. The Morgan fingerprint density at radius 3 is 2.73 bits per heavy atom. The van der Waals surface area contributed by atoms with Crippen molar-refractivity contribution in [3.8, 4) is 0 Å². The molecule has 0 aliphatic carbocycles. The lowest BCUT2D eigenvalue weighted by Gasteiger charge is -2.18. The van der Waals surface area contributed by atoms with Gasteiger partial charge in [0.2, 0.25) is 0 Å². The molecule has 3 amide bonds. The third-order valence-electron chi connectivity index (χ3n) is 4.78. The average Bonchev–Trinajstić information content (AvgIpc) is 3.27. The Bertz CT molecular complexity index is 894. The van der Waals surface area contributed by atoms with Crippen molar-refractivity contribution in [3.05, 3.63) is 59.8 Å². The van der Waals surface area contributed by atoms with Gasteiger partial charge in [0.1, 0.15) is 5.76 Å². The minimum absolute atomic E-state index is 0.291. The number of hydrogen-bond donors (Lipinski definition) is 1. The van der Waals surface area contributed by atoms with Gasteiger partial charge in [0.15, 0.2) is 11.3 Å². The molecule has 1 atom stereocenters. The molecule has 0 unspecified atom stereocenters. The lowest BCUT2D eigenvalue weighted by molar-refractivity contribution is -0.131. The van der Waals surface area contributed by atoms with E-state index in [2.05, 4.69) is 11.9 Å². The number of aromatic nitrogens is 1. The minimum atomic E-state index is -1.30.